The molecule has 5 nitrogen and oxygen atoms in total. The number of nitrogens with one attached hydrogen (secondary N) is 1. The molecule has 0 radical (unpaired) electrons. The van der Waals surface area contributed by atoms with Crippen LogP contribution in [0.4, 0.5) is 0 Å². The van der Waals surface area contributed by atoms with Crippen molar-refractivity contribution < 1.29 is 14.3 Å². The first-order chi connectivity index (χ1) is 15.0. The van der Waals surface area contributed by atoms with Gasteiger partial charge in [-0.15, -0.1) is 0 Å². The second-order valence-corrected chi connectivity index (χ2v) is 7.59. The minimum Gasteiger partial charge on any atom is -0.497 e. The molecule has 31 heavy (non-hydrogen) atoms. The lowest BCUT2D eigenvalue weighted by atomic mass is 10.0. The minimum atomic E-state index is -0.756. The van der Waals surface area contributed by atoms with Gasteiger partial charge in [0.25, 0.3) is 0 Å². The molecular weight excluding hydrogens is 412 g/mol. The van der Waals surface area contributed by atoms with E-state index in [4.69, 9.17) is 16.3 Å². The van der Waals surface area contributed by atoms with Crippen molar-refractivity contribution in [1.82, 2.24) is 10.2 Å². The van der Waals surface area contributed by atoms with E-state index in [0.717, 1.165) is 22.4 Å². The Morgan fingerprint density at radius 3 is 2.13 bits per heavy atom. The average Bonchev–Trinajstić information content (AvgIpc) is 2.79. The smallest absolute Gasteiger partial charge is 0.247 e. The van der Waals surface area contributed by atoms with Crippen LogP contribution in [0.1, 0.15) is 29.7 Å². The fourth-order valence-corrected chi connectivity index (χ4v) is 3.43. The molecule has 3 rings (SSSR count). The number of nitrogens with zero attached hydrogens (tertiary/aromatic N) is 1. The molecule has 0 aliphatic carbocycles. The van der Waals surface area contributed by atoms with Crippen molar-refractivity contribution in [3.05, 3.63) is 101 Å². The summed E-state index contributed by atoms with van der Waals surface area (Å²) < 4.78 is 5.21. The van der Waals surface area contributed by atoms with Crippen molar-refractivity contribution in [2.24, 2.45) is 0 Å². The number of benzene rings is 3. The fraction of sp³-hybridized carbons (Fsp3) is 0.200. The van der Waals surface area contributed by atoms with Crippen LogP contribution in [0.2, 0.25) is 5.02 Å². The Kier molecular flexibility index (Phi) is 7.68. The van der Waals surface area contributed by atoms with E-state index >= 15 is 0 Å². The van der Waals surface area contributed by atoms with Gasteiger partial charge in [0.2, 0.25) is 11.8 Å². The average molecular weight is 437 g/mol. The molecule has 0 bridgehead atoms. The highest BCUT2D eigenvalue weighted by molar-refractivity contribution is 6.30. The maximum Gasteiger partial charge on any atom is 0.247 e. The summed E-state index contributed by atoms with van der Waals surface area (Å²) >= 11 is 5.94. The number of ether oxygens (including phenoxy) is 1. The maximum absolute atomic E-state index is 13.3. The van der Waals surface area contributed by atoms with Gasteiger partial charge in [-0.1, -0.05) is 66.2 Å². The first-order valence-electron chi connectivity index (χ1n) is 9.95. The quantitative estimate of drug-likeness (QED) is 0.554. The highest BCUT2D eigenvalue weighted by atomic mass is 35.5. The zero-order valence-corrected chi connectivity index (χ0v) is 18.3. The van der Waals surface area contributed by atoms with Gasteiger partial charge in [-0.25, -0.2) is 0 Å². The van der Waals surface area contributed by atoms with Crippen molar-refractivity contribution in [3.8, 4) is 5.75 Å². The van der Waals surface area contributed by atoms with Crippen LogP contribution in [0.3, 0.4) is 0 Å². The predicted octanol–water partition coefficient (Wildman–Crippen LogP) is 4.75. The molecule has 3 aromatic carbocycles. The molecule has 0 fully saturated rings. The SMILES string of the molecule is COc1ccc(CN(C(C)=O)[C@H](C(=O)NCc2ccc(Cl)cc2)c2ccccc2)cc1. The largest absolute Gasteiger partial charge is 0.497 e. The second kappa shape index (κ2) is 10.6. The van der Waals surface area contributed by atoms with Crippen LogP contribution < -0.4 is 10.1 Å². The molecule has 0 unspecified atom stereocenters. The molecule has 2 amide bonds. The Morgan fingerprint density at radius 1 is 0.935 bits per heavy atom. The summed E-state index contributed by atoms with van der Waals surface area (Å²) in [5, 5.41) is 3.60. The molecular formula is C25H25ClN2O3. The molecule has 0 aliphatic rings. The summed E-state index contributed by atoms with van der Waals surface area (Å²) in [6.45, 7) is 2.12. The van der Waals surface area contributed by atoms with Gasteiger partial charge in [0.15, 0.2) is 0 Å². The van der Waals surface area contributed by atoms with E-state index in [2.05, 4.69) is 5.32 Å². The van der Waals surface area contributed by atoms with E-state index < -0.39 is 6.04 Å². The highest BCUT2D eigenvalue weighted by Gasteiger charge is 2.29. The standard InChI is InChI=1S/C25H25ClN2O3/c1-18(29)28(17-20-10-14-23(31-2)15-11-20)24(21-6-4-3-5-7-21)25(30)27-16-19-8-12-22(26)13-9-19/h3-15,24H,16-17H2,1-2H3,(H,27,30)/t24-/m0/s1. The molecule has 0 saturated heterocycles. The molecule has 3 aromatic rings. The summed E-state index contributed by atoms with van der Waals surface area (Å²) in [6.07, 6.45) is 0. The van der Waals surface area contributed by atoms with E-state index in [1.165, 1.54) is 6.92 Å². The van der Waals surface area contributed by atoms with Crippen molar-refractivity contribution in [2.45, 2.75) is 26.1 Å². The van der Waals surface area contributed by atoms with Crippen LogP contribution in [0.5, 0.6) is 5.75 Å². The molecule has 1 N–H and O–H groups in total. The van der Waals surface area contributed by atoms with Gasteiger partial charge in [0, 0.05) is 25.0 Å². The number of carbonyl (C=O) groups is 2. The Bertz CT molecular complexity index is 1010. The number of amides is 2. The monoisotopic (exact) mass is 436 g/mol. The Morgan fingerprint density at radius 2 is 1.55 bits per heavy atom. The van der Waals surface area contributed by atoms with Crippen LogP contribution >= 0.6 is 11.6 Å². The van der Waals surface area contributed by atoms with Crippen molar-refractivity contribution >= 4 is 23.4 Å². The summed E-state index contributed by atoms with van der Waals surface area (Å²) in [5.74, 6) is 0.301. The van der Waals surface area contributed by atoms with Gasteiger partial charge in [0.1, 0.15) is 11.8 Å². The predicted molar refractivity (Wildman–Crippen MR) is 122 cm³/mol. The van der Waals surface area contributed by atoms with Crippen LogP contribution in [0.15, 0.2) is 78.9 Å². The van der Waals surface area contributed by atoms with E-state index in [-0.39, 0.29) is 11.8 Å². The summed E-state index contributed by atoms with van der Waals surface area (Å²) in [4.78, 5) is 27.5. The van der Waals surface area contributed by atoms with Gasteiger partial charge < -0.3 is 15.0 Å². The Balaban J connectivity index is 1.85. The zero-order valence-electron chi connectivity index (χ0n) is 17.5. The number of carbonyl (C=O) groups excluding carboxylic acids is 2. The van der Waals surface area contributed by atoms with Crippen molar-refractivity contribution in [3.63, 3.8) is 0 Å². The molecule has 0 aromatic heterocycles. The fourth-order valence-electron chi connectivity index (χ4n) is 3.31. The van der Waals surface area contributed by atoms with Gasteiger partial charge in [-0.3, -0.25) is 9.59 Å². The first-order valence-corrected chi connectivity index (χ1v) is 10.3. The molecule has 0 heterocycles. The number of rotatable bonds is 8. The van der Waals surface area contributed by atoms with E-state index in [1.54, 1.807) is 24.1 Å². The third-order valence-electron chi connectivity index (χ3n) is 4.97. The Labute approximate surface area is 187 Å². The lowest BCUT2D eigenvalue weighted by molar-refractivity contribution is -0.140. The maximum atomic E-state index is 13.3. The lowest BCUT2D eigenvalue weighted by Gasteiger charge is -2.30. The van der Waals surface area contributed by atoms with Crippen LogP contribution in [-0.2, 0) is 22.7 Å². The van der Waals surface area contributed by atoms with E-state index in [1.807, 2.05) is 66.7 Å². The molecule has 0 spiro atoms. The normalized spacial score (nSPS) is 11.5. The summed E-state index contributed by atoms with van der Waals surface area (Å²) in [7, 11) is 1.60. The first kappa shape index (κ1) is 22.4. The minimum absolute atomic E-state index is 0.189. The van der Waals surface area contributed by atoms with Crippen LogP contribution in [-0.4, -0.2) is 23.8 Å². The summed E-state index contributed by atoms with van der Waals surface area (Å²) in [6, 6.07) is 23.3. The Hall–Kier alpha value is -3.31. The zero-order chi connectivity index (χ0) is 22.2. The lowest BCUT2D eigenvalue weighted by Crippen LogP contribution is -2.42. The third-order valence-corrected chi connectivity index (χ3v) is 5.22. The van der Waals surface area contributed by atoms with Gasteiger partial charge in [-0.05, 0) is 41.0 Å². The van der Waals surface area contributed by atoms with E-state index in [0.29, 0.717) is 18.1 Å². The molecule has 1 atom stereocenters. The van der Waals surface area contributed by atoms with Crippen molar-refractivity contribution in [1.29, 1.82) is 0 Å². The van der Waals surface area contributed by atoms with Crippen LogP contribution in [0.25, 0.3) is 0 Å². The van der Waals surface area contributed by atoms with E-state index in [9.17, 15) is 9.59 Å². The summed E-state index contributed by atoms with van der Waals surface area (Å²) in [5.41, 5.74) is 2.58. The number of methoxy groups -OCH3 is 1. The molecule has 160 valence electrons. The molecule has 6 heteroatoms. The number of halogens is 1. The topological polar surface area (TPSA) is 58.6 Å². The molecule has 0 aliphatic heterocycles. The van der Waals surface area contributed by atoms with Crippen molar-refractivity contribution in [2.75, 3.05) is 7.11 Å². The number of hydrogen-bond donors (Lipinski definition) is 1. The van der Waals surface area contributed by atoms with Crippen LogP contribution in [0, 0.1) is 0 Å². The van der Waals surface area contributed by atoms with Gasteiger partial charge in [0.05, 0.1) is 7.11 Å². The molecule has 0 saturated carbocycles. The van der Waals surface area contributed by atoms with Gasteiger partial charge >= 0.3 is 0 Å². The third kappa shape index (κ3) is 6.09. The second-order valence-electron chi connectivity index (χ2n) is 7.15. The number of hydrogen-bond acceptors (Lipinski definition) is 3. The van der Waals surface area contributed by atoms with Gasteiger partial charge in [-0.2, -0.15) is 0 Å². The highest BCUT2D eigenvalue weighted by Crippen LogP contribution is 2.25.